The first-order chi connectivity index (χ1) is 8.52. The molecular formula is C13H17FN2S2. The van der Waals surface area contributed by atoms with Crippen molar-refractivity contribution >= 4 is 34.7 Å². The van der Waals surface area contributed by atoms with Crippen LogP contribution in [0, 0.1) is 5.82 Å². The topological polar surface area (TPSA) is 38.0 Å². The maximum Gasteiger partial charge on any atom is 0.135 e. The summed E-state index contributed by atoms with van der Waals surface area (Å²) < 4.78 is 13.9. The Balaban J connectivity index is 2.14. The lowest BCUT2D eigenvalue weighted by molar-refractivity contribution is 0.622. The van der Waals surface area contributed by atoms with E-state index in [1.165, 1.54) is 24.7 Å². The molecule has 0 amide bonds. The van der Waals surface area contributed by atoms with E-state index in [0.717, 1.165) is 6.54 Å². The highest BCUT2D eigenvalue weighted by atomic mass is 32.2. The van der Waals surface area contributed by atoms with Crippen LogP contribution in [0.15, 0.2) is 18.2 Å². The van der Waals surface area contributed by atoms with Gasteiger partial charge in [0.25, 0.3) is 0 Å². The maximum atomic E-state index is 13.7. The van der Waals surface area contributed by atoms with Crippen LogP contribution in [0.5, 0.6) is 0 Å². The minimum atomic E-state index is -0.364. The van der Waals surface area contributed by atoms with Crippen molar-refractivity contribution in [2.75, 3.05) is 17.6 Å². The molecule has 0 bridgehead atoms. The molecule has 1 aliphatic heterocycles. The fraction of sp³-hybridized carbons (Fsp3) is 0.462. The van der Waals surface area contributed by atoms with E-state index >= 15 is 0 Å². The Morgan fingerprint density at radius 3 is 3.00 bits per heavy atom. The van der Waals surface area contributed by atoms with E-state index in [9.17, 15) is 4.39 Å². The third kappa shape index (κ3) is 2.95. The molecule has 0 saturated carbocycles. The van der Waals surface area contributed by atoms with Gasteiger partial charge >= 0.3 is 0 Å². The normalized spacial score (nSPS) is 23.0. The summed E-state index contributed by atoms with van der Waals surface area (Å²) in [7, 11) is 0. The highest BCUT2D eigenvalue weighted by Gasteiger charge is 2.29. The zero-order valence-electron chi connectivity index (χ0n) is 10.3. The molecular weight excluding hydrogens is 267 g/mol. The van der Waals surface area contributed by atoms with Crippen molar-refractivity contribution in [3.8, 4) is 0 Å². The van der Waals surface area contributed by atoms with Gasteiger partial charge in [-0.1, -0.05) is 18.3 Å². The first-order valence-corrected chi connectivity index (χ1v) is 7.37. The average molecular weight is 284 g/mol. The second-order valence-electron chi connectivity index (χ2n) is 4.78. The summed E-state index contributed by atoms with van der Waals surface area (Å²) in [4.78, 5) is 0.0971. The van der Waals surface area contributed by atoms with Gasteiger partial charge in [0, 0.05) is 17.0 Å². The second-order valence-corrected chi connectivity index (χ2v) is 6.90. The number of halogens is 1. The van der Waals surface area contributed by atoms with Crippen molar-refractivity contribution in [1.82, 2.24) is 0 Å². The van der Waals surface area contributed by atoms with Gasteiger partial charge in [0.1, 0.15) is 10.8 Å². The lowest BCUT2D eigenvalue weighted by Gasteiger charge is -2.24. The number of nitrogens with two attached hydrogens (primary N) is 1. The van der Waals surface area contributed by atoms with Crippen LogP contribution >= 0.6 is 24.0 Å². The van der Waals surface area contributed by atoms with Gasteiger partial charge in [-0.15, -0.1) is 0 Å². The third-order valence-electron chi connectivity index (χ3n) is 3.21. The fourth-order valence-electron chi connectivity index (χ4n) is 2.18. The maximum absolute atomic E-state index is 13.7. The predicted octanol–water partition coefficient (Wildman–Crippen LogP) is 3.16. The van der Waals surface area contributed by atoms with Crippen LogP contribution in [-0.2, 0) is 0 Å². The number of thioether (sulfide) groups is 1. The van der Waals surface area contributed by atoms with E-state index in [2.05, 4.69) is 12.2 Å². The summed E-state index contributed by atoms with van der Waals surface area (Å²) in [5.41, 5.74) is 6.59. The van der Waals surface area contributed by atoms with E-state index in [1.807, 2.05) is 17.8 Å². The number of anilines is 1. The van der Waals surface area contributed by atoms with Gasteiger partial charge in [-0.2, -0.15) is 11.8 Å². The van der Waals surface area contributed by atoms with Crippen molar-refractivity contribution < 1.29 is 4.39 Å². The quantitative estimate of drug-likeness (QED) is 0.833. The Kier molecular flexibility index (Phi) is 4.12. The number of benzene rings is 1. The molecule has 1 fully saturated rings. The van der Waals surface area contributed by atoms with Crippen molar-refractivity contribution in [2.24, 2.45) is 5.73 Å². The highest BCUT2D eigenvalue weighted by Crippen LogP contribution is 2.37. The van der Waals surface area contributed by atoms with Gasteiger partial charge in [0.05, 0.1) is 5.56 Å². The number of nitrogens with one attached hydrogen (secondary N) is 1. The molecule has 0 spiro atoms. The summed E-state index contributed by atoms with van der Waals surface area (Å²) in [5, 5.41) is 3.29. The molecule has 98 valence electrons. The van der Waals surface area contributed by atoms with E-state index in [-0.39, 0.29) is 15.6 Å². The van der Waals surface area contributed by atoms with Crippen LogP contribution in [0.2, 0.25) is 0 Å². The van der Waals surface area contributed by atoms with Gasteiger partial charge in [0.15, 0.2) is 0 Å². The standard InChI is InChI=1S/C13H17FN2S2/c1-13(6-3-7-18-13)8-16-10-5-2-4-9(14)11(10)12(15)17/h2,4-5,16H,3,6-8H2,1H3,(H2,15,17). The largest absolute Gasteiger partial charge is 0.389 e. The lowest BCUT2D eigenvalue weighted by Crippen LogP contribution is -2.28. The molecule has 1 unspecified atom stereocenters. The average Bonchev–Trinajstić information content (AvgIpc) is 2.73. The lowest BCUT2D eigenvalue weighted by atomic mass is 10.1. The van der Waals surface area contributed by atoms with E-state index in [0.29, 0.717) is 11.3 Å². The molecule has 1 atom stereocenters. The Morgan fingerprint density at radius 2 is 2.39 bits per heavy atom. The molecule has 3 N–H and O–H groups in total. The summed E-state index contributed by atoms with van der Waals surface area (Å²) in [6, 6.07) is 4.87. The highest BCUT2D eigenvalue weighted by molar-refractivity contribution is 8.00. The second kappa shape index (κ2) is 5.45. The third-order valence-corrected chi connectivity index (χ3v) is 4.96. The molecule has 2 rings (SSSR count). The summed E-state index contributed by atoms with van der Waals surface area (Å²) in [5.74, 6) is 0.834. The molecule has 1 aromatic rings. The zero-order chi connectivity index (χ0) is 13.2. The van der Waals surface area contributed by atoms with Crippen LogP contribution < -0.4 is 11.1 Å². The molecule has 1 aromatic carbocycles. The van der Waals surface area contributed by atoms with Gasteiger partial charge in [0.2, 0.25) is 0 Å². The Bertz CT molecular complexity index is 456. The number of thiocarbonyl (C=S) groups is 1. The van der Waals surface area contributed by atoms with Gasteiger partial charge < -0.3 is 11.1 Å². The molecule has 0 aromatic heterocycles. The van der Waals surface area contributed by atoms with Crippen LogP contribution in [0.3, 0.4) is 0 Å². The summed E-state index contributed by atoms with van der Waals surface area (Å²) in [6.07, 6.45) is 2.43. The Labute approximate surface area is 117 Å². The Hall–Kier alpha value is -0.810. The number of hydrogen-bond acceptors (Lipinski definition) is 3. The van der Waals surface area contributed by atoms with Crippen LogP contribution in [-0.4, -0.2) is 22.0 Å². The molecule has 0 radical (unpaired) electrons. The molecule has 0 aliphatic carbocycles. The summed E-state index contributed by atoms with van der Waals surface area (Å²) >= 11 is 6.87. The number of hydrogen-bond donors (Lipinski definition) is 2. The van der Waals surface area contributed by atoms with Gasteiger partial charge in [-0.05, 0) is 37.7 Å². The minimum Gasteiger partial charge on any atom is -0.389 e. The van der Waals surface area contributed by atoms with Crippen LogP contribution in [0.25, 0.3) is 0 Å². The summed E-state index contributed by atoms with van der Waals surface area (Å²) in [6.45, 7) is 3.04. The van der Waals surface area contributed by atoms with Crippen LogP contribution in [0.1, 0.15) is 25.3 Å². The molecule has 5 heteroatoms. The molecule has 1 heterocycles. The fourth-order valence-corrected chi connectivity index (χ4v) is 3.63. The number of rotatable bonds is 4. The van der Waals surface area contributed by atoms with Gasteiger partial charge in [-0.25, -0.2) is 4.39 Å². The molecule has 1 saturated heterocycles. The SMILES string of the molecule is CC1(CNc2cccc(F)c2C(N)=S)CCCS1. The predicted molar refractivity (Wildman–Crippen MR) is 80.9 cm³/mol. The van der Waals surface area contributed by atoms with Gasteiger partial charge in [-0.3, -0.25) is 0 Å². The van der Waals surface area contributed by atoms with E-state index in [4.69, 9.17) is 18.0 Å². The van der Waals surface area contributed by atoms with Crippen molar-refractivity contribution in [3.05, 3.63) is 29.6 Å². The zero-order valence-corrected chi connectivity index (χ0v) is 12.0. The smallest absolute Gasteiger partial charge is 0.135 e. The van der Waals surface area contributed by atoms with Crippen LogP contribution in [0.4, 0.5) is 10.1 Å². The van der Waals surface area contributed by atoms with Crippen molar-refractivity contribution in [2.45, 2.75) is 24.5 Å². The van der Waals surface area contributed by atoms with Crippen molar-refractivity contribution in [3.63, 3.8) is 0 Å². The molecule has 2 nitrogen and oxygen atoms in total. The Morgan fingerprint density at radius 1 is 1.61 bits per heavy atom. The van der Waals surface area contributed by atoms with E-state index in [1.54, 1.807) is 6.07 Å². The molecule has 18 heavy (non-hydrogen) atoms. The minimum absolute atomic E-state index is 0.0971. The monoisotopic (exact) mass is 284 g/mol. The first-order valence-electron chi connectivity index (χ1n) is 5.98. The van der Waals surface area contributed by atoms with E-state index < -0.39 is 0 Å². The van der Waals surface area contributed by atoms with Crippen molar-refractivity contribution in [1.29, 1.82) is 0 Å². The first kappa shape index (κ1) is 13.6. The molecule has 1 aliphatic rings.